The third-order valence-electron chi connectivity index (χ3n) is 3.02. The maximum atomic E-state index is 4.67. The molecular formula is C16H15N3S. The van der Waals surface area contributed by atoms with Gasteiger partial charge in [0.15, 0.2) is 5.13 Å². The molecule has 0 atom stereocenters. The number of anilines is 2. The number of pyridine rings is 1. The highest BCUT2D eigenvalue weighted by atomic mass is 32.1. The van der Waals surface area contributed by atoms with Crippen molar-refractivity contribution in [3.05, 3.63) is 59.1 Å². The van der Waals surface area contributed by atoms with Gasteiger partial charge in [0.1, 0.15) is 5.82 Å². The van der Waals surface area contributed by atoms with Crippen molar-refractivity contribution >= 4 is 22.3 Å². The highest BCUT2D eigenvalue weighted by Crippen LogP contribution is 2.31. The third kappa shape index (κ3) is 2.70. The molecular weight excluding hydrogens is 266 g/mol. The number of aromatic nitrogens is 2. The second-order valence-corrected chi connectivity index (χ2v) is 5.83. The van der Waals surface area contributed by atoms with Gasteiger partial charge in [-0.05, 0) is 26.0 Å². The summed E-state index contributed by atoms with van der Waals surface area (Å²) < 4.78 is 0. The first kappa shape index (κ1) is 12.8. The van der Waals surface area contributed by atoms with Crippen molar-refractivity contribution in [1.29, 1.82) is 0 Å². The van der Waals surface area contributed by atoms with Crippen LogP contribution < -0.4 is 5.32 Å². The predicted molar refractivity (Wildman–Crippen MR) is 84.5 cm³/mol. The van der Waals surface area contributed by atoms with Gasteiger partial charge in [0.25, 0.3) is 0 Å². The SMILES string of the molecule is Cc1ccc(-c2nc(Nc3ccccn3)sc2C)cc1. The van der Waals surface area contributed by atoms with Crippen LogP contribution >= 0.6 is 11.3 Å². The van der Waals surface area contributed by atoms with Gasteiger partial charge in [0, 0.05) is 16.6 Å². The summed E-state index contributed by atoms with van der Waals surface area (Å²) in [7, 11) is 0. The fourth-order valence-electron chi connectivity index (χ4n) is 1.98. The molecule has 0 saturated carbocycles. The van der Waals surface area contributed by atoms with Crippen LogP contribution in [0, 0.1) is 13.8 Å². The molecule has 0 spiro atoms. The normalized spacial score (nSPS) is 10.5. The lowest BCUT2D eigenvalue weighted by Gasteiger charge is -2.00. The van der Waals surface area contributed by atoms with Crippen LogP contribution in [-0.4, -0.2) is 9.97 Å². The van der Waals surface area contributed by atoms with E-state index in [1.54, 1.807) is 17.5 Å². The number of nitrogens with zero attached hydrogens (tertiary/aromatic N) is 2. The second-order valence-electron chi connectivity index (χ2n) is 4.63. The number of benzene rings is 1. The number of aryl methyl sites for hydroxylation is 2. The van der Waals surface area contributed by atoms with E-state index in [0.29, 0.717) is 0 Å². The van der Waals surface area contributed by atoms with Crippen LogP contribution in [0.15, 0.2) is 48.7 Å². The highest BCUT2D eigenvalue weighted by Gasteiger charge is 2.10. The summed E-state index contributed by atoms with van der Waals surface area (Å²) in [6.45, 7) is 4.18. The van der Waals surface area contributed by atoms with Crippen LogP contribution in [0.3, 0.4) is 0 Å². The first-order chi connectivity index (χ1) is 9.72. The zero-order valence-electron chi connectivity index (χ0n) is 11.4. The van der Waals surface area contributed by atoms with Crippen molar-refractivity contribution in [1.82, 2.24) is 9.97 Å². The molecule has 2 aromatic heterocycles. The van der Waals surface area contributed by atoms with Gasteiger partial charge in [-0.2, -0.15) is 0 Å². The summed E-state index contributed by atoms with van der Waals surface area (Å²) in [5.74, 6) is 0.816. The Hall–Kier alpha value is -2.20. The van der Waals surface area contributed by atoms with Crippen molar-refractivity contribution in [3.63, 3.8) is 0 Å². The fraction of sp³-hybridized carbons (Fsp3) is 0.125. The Morgan fingerprint density at radius 3 is 2.50 bits per heavy atom. The Morgan fingerprint density at radius 2 is 1.80 bits per heavy atom. The Balaban J connectivity index is 1.89. The molecule has 0 unspecified atom stereocenters. The average Bonchev–Trinajstić information content (AvgIpc) is 2.81. The lowest BCUT2D eigenvalue weighted by molar-refractivity contribution is 1.28. The second kappa shape index (κ2) is 5.43. The summed E-state index contributed by atoms with van der Waals surface area (Å²) in [5, 5.41) is 4.11. The Morgan fingerprint density at radius 1 is 1.00 bits per heavy atom. The smallest absolute Gasteiger partial charge is 0.189 e. The lowest BCUT2D eigenvalue weighted by atomic mass is 10.1. The van der Waals surface area contributed by atoms with Gasteiger partial charge < -0.3 is 5.32 Å². The van der Waals surface area contributed by atoms with Crippen molar-refractivity contribution in [2.75, 3.05) is 5.32 Å². The van der Waals surface area contributed by atoms with Gasteiger partial charge in [-0.3, -0.25) is 0 Å². The first-order valence-corrected chi connectivity index (χ1v) is 7.26. The summed E-state index contributed by atoms with van der Waals surface area (Å²) in [4.78, 5) is 10.1. The van der Waals surface area contributed by atoms with Gasteiger partial charge in [0.2, 0.25) is 0 Å². The van der Waals surface area contributed by atoms with E-state index < -0.39 is 0 Å². The monoisotopic (exact) mass is 281 g/mol. The van der Waals surface area contributed by atoms with Gasteiger partial charge in [-0.15, -0.1) is 11.3 Å². The molecule has 0 saturated heterocycles. The standard InChI is InChI=1S/C16H15N3S/c1-11-6-8-13(9-7-11)15-12(2)20-16(19-15)18-14-5-3-4-10-17-14/h3-10H,1-2H3,(H,17,18,19). The molecule has 0 aliphatic carbocycles. The number of rotatable bonds is 3. The summed E-state index contributed by atoms with van der Waals surface area (Å²) in [6, 6.07) is 14.2. The minimum Gasteiger partial charge on any atom is -0.316 e. The van der Waals surface area contributed by atoms with Crippen LogP contribution in [0.5, 0.6) is 0 Å². The van der Waals surface area contributed by atoms with E-state index in [4.69, 9.17) is 0 Å². The van der Waals surface area contributed by atoms with Crippen LogP contribution in [0.2, 0.25) is 0 Å². The quantitative estimate of drug-likeness (QED) is 0.764. The molecule has 2 heterocycles. The molecule has 20 heavy (non-hydrogen) atoms. The number of thiazole rings is 1. The van der Waals surface area contributed by atoms with Crippen molar-refractivity contribution in [3.8, 4) is 11.3 Å². The van der Waals surface area contributed by atoms with Crippen molar-refractivity contribution < 1.29 is 0 Å². The van der Waals surface area contributed by atoms with Gasteiger partial charge >= 0.3 is 0 Å². The Labute approximate surface area is 122 Å². The first-order valence-electron chi connectivity index (χ1n) is 6.45. The van der Waals surface area contributed by atoms with E-state index in [1.165, 1.54) is 10.4 Å². The molecule has 0 aliphatic heterocycles. The fourth-order valence-corrected chi connectivity index (χ4v) is 2.82. The Kier molecular flexibility index (Phi) is 3.48. The molecule has 0 amide bonds. The highest BCUT2D eigenvalue weighted by molar-refractivity contribution is 7.16. The predicted octanol–water partition coefficient (Wildman–Crippen LogP) is 4.57. The van der Waals surface area contributed by atoms with Crippen LogP contribution in [0.1, 0.15) is 10.4 Å². The summed E-state index contributed by atoms with van der Waals surface area (Å²) >= 11 is 1.65. The lowest BCUT2D eigenvalue weighted by Crippen LogP contribution is -1.91. The van der Waals surface area contributed by atoms with Crippen molar-refractivity contribution in [2.24, 2.45) is 0 Å². The van der Waals surface area contributed by atoms with E-state index in [1.807, 2.05) is 18.2 Å². The van der Waals surface area contributed by atoms with Crippen LogP contribution in [0.25, 0.3) is 11.3 Å². The molecule has 3 aromatic rings. The van der Waals surface area contributed by atoms with E-state index in [-0.39, 0.29) is 0 Å². The molecule has 3 nitrogen and oxygen atoms in total. The maximum Gasteiger partial charge on any atom is 0.189 e. The molecule has 1 aromatic carbocycles. The van der Waals surface area contributed by atoms with E-state index >= 15 is 0 Å². The molecule has 100 valence electrons. The molecule has 3 rings (SSSR count). The van der Waals surface area contributed by atoms with Gasteiger partial charge in [-0.25, -0.2) is 9.97 Å². The van der Waals surface area contributed by atoms with E-state index in [2.05, 4.69) is 53.4 Å². The zero-order chi connectivity index (χ0) is 13.9. The van der Waals surface area contributed by atoms with Gasteiger partial charge in [0.05, 0.1) is 5.69 Å². The topological polar surface area (TPSA) is 37.8 Å². The zero-order valence-corrected chi connectivity index (χ0v) is 12.2. The molecule has 0 aliphatic rings. The molecule has 0 bridgehead atoms. The van der Waals surface area contributed by atoms with Crippen LogP contribution in [-0.2, 0) is 0 Å². The maximum absolute atomic E-state index is 4.67. The van der Waals surface area contributed by atoms with E-state index in [9.17, 15) is 0 Å². The van der Waals surface area contributed by atoms with Crippen LogP contribution in [0.4, 0.5) is 10.9 Å². The molecule has 4 heteroatoms. The number of nitrogens with one attached hydrogen (secondary N) is 1. The Bertz CT molecular complexity index is 702. The number of hydrogen-bond acceptors (Lipinski definition) is 4. The average molecular weight is 281 g/mol. The molecule has 0 fully saturated rings. The largest absolute Gasteiger partial charge is 0.316 e. The van der Waals surface area contributed by atoms with E-state index in [0.717, 1.165) is 22.2 Å². The minimum absolute atomic E-state index is 0.816. The number of hydrogen-bond donors (Lipinski definition) is 1. The third-order valence-corrected chi connectivity index (χ3v) is 3.91. The van der Waals surface area contributed by atoms with Crippen molar-refractivity contribution in [2.45, 2.75) is 13.8 Å². The molecule has 1 N–H and O–H groups in total. The summed E-state index contributed by atoms with van der Waals surface area (Å²) in [5.41, 5.74) is 3.44. The summed E-state index contributed by atoms with van der Waals surface area (Å²) in [6.07, 6.45) is 1.77. The minimum atomic E-state index is 0.816. The van der Waals surface area contributed by atoms with Gasteiger partial charge in [-0.1, -0.05) is 35.9 Å². The molecule has 0 radical (unpaired) electrons.